The van der Waals surface area contributed by atoms with Crippen LogP contribution in [0, 0.1) is 5.41 Å². The summed E-state index contributed by atoms with van der Waals surface area (Å²) in [6.07, 6.45) is 3.03. The summed E-state index contributed by atoms with van der Waals surface area (Å²) < 4.78 is 5.77. The highest BCUT2D eigenvalue weighted by Crippen LogP contribution is 2.58. The number of hydrogen-bond donors (Lipinski definition) is 1. The summed E-state index contributed by atoms with van der Waals surface area (Å²) in [6, 6.07) is 8.32. The highest BCUT2D eigenvalue weighted by molar-refractivity contribution is 6.04. The third kappa shape index (κ3) is 1.82. The van der Waals surface area contributed by atoms with E-state index in [-0.39, 0.29) is 22.8 Å². The molecular weight excluding hydrogens is 288 g/mol. The molecule has 1 heterocycles. The number of fused-ring (bicyclic) bond motifs is 2. The van der Waals surface area contributed by atoms with Crippen LogP contribution >= 0.6 is 0 Å². The third-order valence-electron chi connectivity index (χ3n) is 6.54. The molecule has 2 N–H and O–H groups in total. The first-order chi connectivity index (χ1) is 10.9. The van der Waals surface area contributed by atoms with E-state index < -0.39 is 5.54 Å². The van der Waals surface area contributed by atoms with Gasteiger partial charge in [0.2, 0.25) is 5.91 Å². The molecule has 0 aromatic heterocycles. The quantitative estimate of drug-likeness (QED) is 0.933. The molecular formula is C19H26N2O2. The summed E-state index contributed by atoms with van der Waals surface area (Å²) in [5.41, 5.74) is 8.05. The van der Waals surface area contributed by atoms with Gasteiger partial charge in [0.25, 0.3) is 0 Å². The van der Waals surface area contributed by atoms with Crippen molar-refractivity contribution in [2.24, 2.45) is 11.1 Å². The predicted molar refractivity (Wildman–Crippen MR) is 90.4 cm³/mol. The largest absolute Gasteiger partial charge is 0.378 e. The molecule has 1 aromatic rings. The first-order valence-corrected chi connectivity index (χ1v) is 8.68. The predicted octanol–water partition coefficient (Wildman–Crippen LogP) is 2.60. The number of rotatable bonds is 3. The minimum absolute atomic E-state index is 0.0641. The first kappa shape index (κ1) is 15.2. The number of para-hydroxylation sites is 1. The second-order valence-corrected chi connectivity index (χ2v) is 8.03. The zero-order valence-electron chi connectivity index (χ0n) is 14.3. The summed E-state index contributed by atoms with van der Waals surface area (Å²) >= 11 is 0. The topological polar surface area (TPSA) is 55.6 Å². The van der Waals surface area contributed by atoms with Gasteiger partial charge in [0, 0.05) is 36.1 Å². The number of anilines is 1. The maximum absolute atomic E-state index is 13.3. The van der Waals surface area contributed by atoms with Gasteiger partial charge in [-0.3, -0.25) is 4.79 Å². The lowest BCUT2D eigenvalue weighted by Gasteiger charge is -2.58. The van der Waals surface area contributed by atoms with Crippen molar-refractivity contribution in [3.8, 4) is 0 Å². The van der Waals surface area contributed by atoms with Crippen LogP contribution in [0.5, 0.6) is 0 Å². The molecule has 2 unspecified atom stereocenters. The number of carbonyl (C=O) groups excluding carboxylic acids is 1. The van der Waals surface area contributed by atoms with Crippen molar-refractivity contribution in [1.82, 2.24) is 0 Å². The average molecular weight is 314 g/mol. The lowest BCUT2D eigenvalue weighted by molar-refractivity contribution is -0.168. The number of hydrogen-bond acceptors (Lipinski definition) is 3. The van der Waals surface area contributed by atoms with Gasteiger partial charge in [0.1, 0.15) is 5.54 Å². The van der Waals surface area contributed by atoms with Gasteiger partial charge in [-0.15, -0.1) is 0 Å². The maximum atomic E-state index is 13.3. The molecule has 0 bridgehead atoms. The molecule has 4 nitrogen and oxygen atoms in total. The van der Waals surface area contributed by atoms with Crippen LogP contribution in [0.4, 0.5) is 5.69 Å². The number of benzene rings is 1. The molecule has 23 heavy (non-hydrogen) atoms. The van der Waals surface area contributed by atoms with Gasteiger partial charge in [0.05, 0.1) is 6.10 Å². The molecule has 3 aliphatic rings. The zero-order valence-corrected chi connectivity index (χ0v) is 14.3. The van der Waals surface area contributed by atoms with Gasteiger partial charge in [-0.1, -0.05) is 32.0 Å². The summed E-state index contributed by atoms with van der Waals surface area (Å²) in [5, 5.41) is 0. The van der Waals surface area contributed by atoms with Crippen LogP contribution in [0.2, 0.25) is 0 Å². The number of nitrogens with zero attached hydrogens (tertiary/aromatic N) is 1. The van der Waals surface area contributed by atoms with Crippen LogP contribution in [0.15, 0.2) is 24.3 Å². The Morgan fingerprint density at radius 2 is 2.04 bits per heavy atom. The molecule has 2 atom stereocenters. The van der Waals surface area contributed by atoms with E-state index in [1.165, 1.54) is 18.4 Å². The Balaban J connectivity index is 1.64. The summed E-state index contributed by atoms with van der Waals surface area (Å²) in [4.78, 5) is 15.3. The Morgan fingerprint density at radius 3 is 2.65 bits per heavy atom. The average Bonchev–Trinajstić information content (AvgIpc) is 3.24. The van der Waals surface area contributed by atoms with E-state index in [4.69, 9.17) is 10.5 Å². The fraction of sp³-hybridized carbons (Fsp3) is 0.632. The molecule has 1 spiro atoms. The summed E-state index contributed by atoms with van der Waals surface area (Å²) in [5.74, 6) is 0.0645. The highest BCUT2D eigenvalue weighted by atomic mass is 16.5. The van der Waals surface area contributed by atoms with Crippen LogP contribution in [0.3, 0.4) is 0 Å². The van der Waals surface area contributed by atoms with E-state index in [0.29, 0.717) is 13.0 Å². The minimum Gasteiger partial charge on any atom is -0.378 e. The molecule has 0 radical (unpaired) electrons. The van der Waals surface area contributed by atoms with Crippen molar-refractivity contribution in [2.45, 2.75) is 57.1 Å². The van der Waals surface area contributed by atoms with Gasteiger partial charge >= 0.3 is 0 Å². The van der Waals surface area contributed by atoms with Crippen LogP contribution < -0.4 is 10.6 Å². The van der Waals surface area contributed by atoms with Crippen molar-refractivity contribution in [3.05, 3.63) is 29.8 Å². The zero-order chi connectivity index (χ0) is 16.5. The van der Waals surface area contributed by atoms with Crippen LogP contribution in [0.1, 0.15) is 45.6 Å². The fourth-order valence-electron chi connectivity index (χ4n) is 4.43. The highest BCUT2D eigenvalue weighted by Gasteiger charge is 2.65. The van der Waals surface area contributed by atoms with Crippen LogP contribution in [-0.2, 0) is 14.9 Å². The summed E-state index contributed by atoms with van der Waals surface area (Å²) in [6.45, 7) is 7.56. The Labute approximate surface area is 138 Å². The maximum Gasteiger partial charge on any atom is 0.247 e. The van der Waals surface area contributed by atoms with Crippen molar-refractivity contribution in [1.29, 1.82) is 0 Å². The fourth-order valence-corrected chi connectivity index (χ4v) is 4.43. The van der Waals surface area contributed by atoms with Crippen LogP contribution in [-0.4, -0.2) is 30.7 Å². The van der Waals surface area contributed by atoms with Gasteiger partial charge in [0.15, 0.2) is 0 Å². The number of nitrogens with two attached hydrogens (primary N) is 1. The molecule has 2 aliphatic carbocycles. The van der Waals surface area contributed by atoms with Crippen LogP contribution in [0.25, 0.3) is 0 Å². The normalized spacial score (nSPS) is 32.5. The molecule has 4 heteroatoms. The SMILES string of the molecule is CCOC1CC(N)(C(=O)N2CC3(CC3)c3ccccc32)C1(C)C. The number of amides is 1. The Kier molecular flexibility index (Phi) is 3.02. The van der Waals surface area contributed by atoms with E-state index in [2.05, 4.69) is 32.0 Å². The van der Waals surface area contributed by atoms with Gasteiger partial charge < -0.3 is 15.4 Å². The van der Waals surface area contributed by atoms with Crippen molar-refractivity contribution < 1.29 is 9.53 Å². The van der Waals surface area contributed by atoms with E-state index in [9.17, 15) is 4.79 Å². The van der Waals surface area contributed by atoms with E-state index in [1.807, 2.05) is 17.9 Å². The first-order valence-electron chi connectivity index (χ1n) is 8.68. The molecule has 1 aliphatic heterocycles. The van der Waals surface area contributed by atoms with E-state index >= 15 is 0 Å². The smallest absolute Gasteiger partial charge is 0.247 e. The Morgan fingerprint density at radius 1 is 1.35 bits per heavy atom. The van der Waals surface area contributed by atoms with Gasteiger partial charge in [-0.25, -0.2) is 0 Å². The minimum atomic E-state index is -0.833. The second kappa shape index (κ2) is 4.58. The number of carbonyl (C=O) groups is 1. The van der Waals surface area contributed by atoms with E-state index in [1.54, 1.807) is 0 Å². The summed E-state index contributed by atoms with van der Waals surface area (Å²) in [7, 11) is 0. The molecule has 0 saturated heterocycles. The van der Waals surface area contributed by atoms with Gasteiger partial charge in [-0.2, -0.15) is 0 Å². The monoisotopic (exact) mass is 314 g/mol. The molecule has 2 saturated carbocycles. The Bertz CT molecular complexity index is 665. The standard InChI is InChI=1S/C19H26N2O2/c1-4-23-15-11-19(20,17(15,2)3)16(22)21-12-18(9-10-18)13-7-5-6-8-14(13)21/h5-8,15H,4,9-12,20H2,1-3H3. The molecule has 1 aromatic carbocycles. The molecule has 124 valence electrons. The number of ether oxygens (including phenoxy) is 1. The van der Waals surface area contributed by atoms with E-state index in [0.717, 1.165) is 12.2 Å². The lowest BCUT2D eigenvalue weighted by atomic mass is 9.54. The van der Waals surface area contributed by atoms with Crippen molar-refractivity contribution in [2.75, 3.05) is 18.1 Å². The molecule has 2 fully saturated rings. The third-order valence-corrected chi connectivity index (χ3v) is 6.54. The Hall–Kier alpha value is -1.39. The lowest BCUT2D eigenvalue weighted by Crippen LogP contribution is -2.76. The van der Waals surface area contributed by atoms with Gasteiger partial charge in [-0.05, 0) is 31.4 Å². The van der Waals surface area contributed by atoms with Crippen molar-refractivity contribution >= 4 is 11.6 Å². The second-order valence-electron chi connectivity index (χ2n) is 8.03. The molecule has 1 amide bonds. The van der Waals surface area contributed by atoms with Crippen molar-refractivity contribution in [3.63, 3.8) is 0 Å². The molecule has 4 rings (SSSR count).